The standard InChI is InChI=1S/C22H22N2O4/c1-14-6-5-7-19(8-14)24-22(26)18(12-23)11-17-9-15(2)21(16(3)10-17)28-13-20(25)27-4/h5-11H,13H2,1-4H3,(H,24,26). The summed E-state index contributed by atoms with van der Waals surface area (Å²) in [5.41, 5.74) is 3.89. The molecule has 0 aromatic heterocycles. The Morgan fingerprint density at radius 2 is 1.82 bits per heavy atom. The van der Waals surface area contributed by atoms with E-state index in [1.165, 1.54) is 13.2 Å². The topological polar surface area (TPSA) is 88.4 Å². The Bertz CT molecular complexity index is 948. The van der Waals surface area contributed by atoms with Crippen LogP contribution in [0.25, 0.3) is 6.08 Å². The van der Waals surface area contributed by atoms with Crippen LogP contribution in [0.5, 0.6) is 5.75 Å². The first kappa shape index (κ1) is 20.7. The normalized spacial score (nSPS) is 10.8. The van der Waals surface area contributed by atoms with Crippen LogP contribution in [0, 0.1) is 32.1 Å². The van der Waals surface area contributed by atoms with E-state index in [1.54, 1.807) is 18.2 Å². The molecule has 2 aromatic rings. The van der Waals surface area contributed by atoms with Gasteiger partial charge in [-0.3, -0.25) is 4.79 Å². The number of nitriles is 1. The molecule has 1 amide bonds. The fourth-order valence-corrected chi connectivity index (χ4v) is 2.72. The Labute approximate surface area is 164 Å². The Morgan fingerprint density at radius 1 is 1.14 bits per heavy atom. The smallest absolute Gasteiger partial charge is 0.343 e. The van der Waals surface area contributed by atoms with E-state index < -0.39 is 11.9 Å². The molecule has 2 rings (SSSR count). The Kier molecular flexibility index (Phi) is 6.94. The Balaban J connectivity index is 2.22. The van der Waals surface area contributed by atoms with Gasteiger partial charge in [-0.15, -0.1) is 0 Å². The van der Waals surface area contributed by atoms with Crippen molar-refractivity contribution in [1.82, 2.24) is 0 Å². The number of hydrogen-bond donors (Lipinski definition) is 1. The van der Waals surface area contributed by atoms with E-state index >= 15 is 0 Å². The lowest BCUT2D eigenvalue weighted by atomic mass is 10.0. The summed E-state index contributed by atoms with van der Waals surface area (Å²) in [4.78, 5) is 23.7. The molecule has 0 fully saturated rings. The largest absolute Gasteiger partial charge is 0.481 e. The van der Waals surface area contributed by atoms with E-state index in [0.29, 0.717) is 17.0 Å². The molecule has 0 bridgehead atoms. The van der Waals surface area contributed by atoms with Gasteiger partial charge in [0.05, 0.1) is 7.11 Å². The fraction of sp³-hybridized carbons (Fsp3) is 0.227. The fourth-order valence-electron chi connectivity index (χ4n) is 2.72. The summed E-state index contributed by atoms with van der Waals surface area (Å²) in [5.74, 6) is -0.373. The van der Waals surface area contributed by atoms with Crippen LogP contribution >= 0.6 is 0 Å². The van der Waals surface area contributed by atoms with Crippen LogP contribution in [-0.4, -0.2) is 25.6 Å². The molecule has 6 nitrogen and oxygen atoms in total. The van der Waals surface area contributed by atoms with E-state index in [-0.39, 0.29) is 12.2 Å². The number of amides is 1. The third kappa shape index (κ3) is 5.45. The zero-order valence-electron chi connectivity index (χ0n) is 16.3. The van der Waals surface area contributed by atoms with Crippen molar-refractivity contribution < 1.29 is 19.1 Å². The second-order valence-corrected chi connectivity index (χ2v) is 6.34. The quantitative estimate of drug-likeness (QED) is 0.470. The average Bonchev–Trinajstić information content (AvgIpc) is 2.65. The van der Waals surface area contributed by atoms with Crippen LogP contribution in [0.15, 0.2) is 42.0 Å². The number of ether oxygens (including phenoxy) is 2. The van der Waals surface area contributed by atoms with Gasteiger partial charge in [-0.25, -0.2) is 4.79 Å². The molecular weight excluding hydrogens is 356 g/mol. The van der Waals surface area contributed by atoms with E-state index in [2.05, 4.69) is 10.1 Å². The number of nitrogens with zero attached hydrogens (tertiary/aromatic N) is 1. The number of methoxy groups -OCH3 is 1. The van der Waals surface area contributed by atoms with Crippen LogP contribution < -0.4 is 10.1 Å². The maximum absolute atomic E-state index is 12.4. The summed E-state index contributed by atoms with van der Waals surface area (Å²) in [7, 11) is 1.30. The van der Waals surface area contributed by atoms with Gasteiger partial charge in [0, 0.05) is 5.69 Å². The van der Waals surface area contributed by atoms with E-state index in [0.717, 1.165) is 16.7 Å². The molecule has 6 heteroatoms. The molecule has 144 valence electrons. The highest BCUT2D eigenvalue weighted by atomic mass is 16.6. The van der Waals surface area contributed by atoms with Gasteiger partial charge in [0.1, 0.15) is 17.4 Å². The van der Waals surface area contributed by atoms with Crippen molar-refractivity contribution in [3.05, 3.63) is 64.2 Å². The number of carbonyl (C=O) groups is 2. The number of nitrogens with one attached hydrogen (secondary N) is 1. The van der Waals surface area contributed by atoms with Gasteiger partial charge in [0.2, 0.25) is 0 Å². The molecule has 0 heterocycles. The molecule has 0 atom stereocenters. The van der Waals surface area contributed by atoms with E-state index in [4.69, 9.17) is 4.74 Å². The second kappa shape index (κ2) is 9.38. The number of benzene rings is 2. The summed E-state index contributed by atoms with van der Waals surface area (Å²) in [5, 5.41) is 12.1. The molecule has 0 aliphatic heterocycles. The Hall–Kier alpha value is -3.59. The predicted molar refractivity (Wildman–Crippen MR) is 107 cm³/mol. The second-order valence-electron chi connectivity index (χ2n) is 6.34. The summed E-state index contributed by atoms with van der Waals surface area (Å²) < 4.78 is 10.1. The molecule has 28 heavy (non-hydrogen) atoms. The van der Waals surface area contributed by atoms with Crippen LogP contribution in [0.3, 0.4) is 0 Å². The maximum atomic E-state index is 12.4. The highest BCUT2D eigenvalue weighted by molar-refractivity contribution is 6.09. The monoisotopic (exact) mass is 378 g/mol. The third-order valence-corrected chi connectivity index (χ3v) is 4.00. The zero-order valence-corrected chi connectivity index (χ0v) is 16.3. The molecule has 2 aromatic carbocycles. The molecule has 0 saturated heterocycles. The first-order valence-corrected chi connectivity index (χ1v) is 8.64. The first-order chi connectivity index (χ1) is 13.3. The van der Waals surface area contributed by atoms with Crippen molar-refractivity contribution in [1.29, 1.82) is 5.26 Å². The minimum absolute atomic E-state index is 0.0106. The number of esters is 1. The molecule has 0 aliphatic carbocycles. The minimum Gasteiger partial charge on any atom is -0.481 e. The molecule has 0 aliphatic rings. The number of carbonyl (C=O) groups excluding carboxylic acids is 2. The predicted octanol–water partition coefficient (Wildman–Crippen LogP) is 3.71. The van der Waals surface area contributed by atoms with Gasteiger partial charge in [0.15, 0.2) is 6.61 Å². The molecule has 1 N–H and O–H groups in total. The number of rotatable bonds is 6. The molecule has 0 spiro atoms. The Morgan fingerprint density at radius 3 is 2.39 bits per heavy atom. The summed E-state index contributed by atoms with van der Waals surface area (Å²) in [6, 6.07) is 12.9. The van der Waals surface area contributed by atoms with Gasteiger partial charge in [-0.1, -0.05) is 12.1 Å². The van der Waals surface area contributed by atoms with Gasteiger partial charge in [-0.2, -0.15) is 5.26 Å². The van der Waals surface area contributed by atoms with Crippen molar-refractivity contribution in [2.24, 2.45) is 0 Å². The lowest BCUT2D eigenvalue weighted by molar-refractivity contribution is -0.142. The zero-order chi connectivity index (χ0) is 20.7. The molecule has 0 unspecified atom stereocenters. The van der Waals surface area contributed by atoms with Crippen LogP contribution in [0.2, 0.25) is 0 Å². The first-order valence-electron chi connectivity index (χ1n) is 8.64. The van der Waals surface area contributed by atoms with Gasteiger partial charge in [-0.05, 0) is 73.4 Å². The summed E-state index contributed by atoms with van der Waals surface area (Å²) >= 11 is 0. The van der Waals surface area contributed by atoms with Gasteiger partial charge < -0.3 is 14.8 Å². The SMILES string of the molecule is COC(=O)COc1c(C)cc(C=C(C#N)C(=O)Nc2cccc(C)c2)cc1C. The van der Waals surface area contributed by atoms with Crippen LogP contribution in [-0.2, 0) is 14.3 Å². The summed E-state index contributed by atoms with van der Waals surface area (Å²) in [6.07, 6.45) is 1.52. The highest BCUT2D eigenvalue weighted by Gasteiger charge is 2.12. The minimum atomic E-state index is -0.477. The molecular formula is C22H22N2O4. The van der Waals surface area contributed by atoms with Gasteiger partial charge in [0.25, 0.3) is 5.91 Å². The van der Waals surface area contributed by atoms with Crippen molar-refractivity contribution in [3.8, 4) is 11.8 Å². The average molecular weight is 378 g/mol. The van der Waals surface area contributed by atoms with Crippen molar-refractivity contribution in [3.63, 3.8) is 0 Å². The van der Waals surface area contributed by atoms with Crippen molar-refractivity contribution in [2.45, 2.75) is 20.8 Å². The number of aryl methyl sites for hydroxylation is 3. The van der Waals surface area contributed by atoms with Crippen LogP contribution in [0.1, 0.15) is 22.3 Å². The lowest BCUT2D eigenvalue weighted by Gasteiger charge is -2.12. The third-order valence-electron chi connectivity index (χ3n) is 4.00. The number of hydrogen-bond acceptors (Lipinski definition) is 5. The van der Waals surface area contributed by atoms with E-state index in [1.807, 2.05) is 45.0 Å². The lowest BCUT2D eigenvalue weighted by Crippen LogP contribution is -2.14. The van der Waals surface area contributed by atoms with Crippen molar-refractivity contribution in [2.75, 3.05) is 19.0 Å². The number of anilines is 1. The maximum Gasteiger partial charge on any atom is 0.343 e. The van der Waals surface area contributed by atoms with Crippen molar-refractivity contribution >= 4 is 23.6 Å². The van der Waals surface area contributed by atoms with Gasteiger partial charge >= 0.3 is 5.97 Å². The highest BCUT2D eigenvalue weighted by Crippen LogP contribution is 2.26. The molecule has 0 saturated carbocycles. The van der Waals surface area contributed by atoms with E-state index in [9.17, 15) is 14.9 Å². The molecule has 0 radical (unpaired) electrons. The van der Waals surface area contributed by atoms with Crippen LogP contribution in [0.4, 0.5) is 5.69 Å². The summed E-state index contributed by atoms with van der Waals surface area (Å²) in [6.45, 7) is 5.40.